The van der Waals surface area contributed by atoms with E-state index in [2.05, 4.69) is 21.2 Å². The zero-order valence-electron chi connectivity index (χ0n) is 11.4. The van der Waals surface area contributed by atoms with Crippen molar-refractivity contribution >= 4 is 43.3 Å². The van der Waals surface area contributed by atoms with E-state index in [-0.39, 0.29) is 30.1 Å². The maximum Gasteiger partial charge on any atom is 0.258 e. The van der Waals surface area contributed by atoms with Crippen molar-refractivity contribution in [1.82, 2.24) is 5.32 Å². The summed E-state index contributed by atoms with van der Waals surface area (Å²) in [4.78, 5) is 11.8. The minimum atomic E-state index is -3.01. The summed E-state index contributed by atoms with van der Waals surface area (Å²) in [6.07, 6.45) is 0.451. The van der Waals surface area contributed by atoms with E-state index in [0.717, 1.165) is 10.0 Å². The molecule has 116 valence electrons. The van der Waals surface area contributed by atoms with Crippen LogP contribution in [-0.4, -0.2) is 38.5 Å². The molecule has 1 aliphatic heterocycles. The summed E-state index contributed by atoms with van der Waals surface area (Å²) in [6, 6.07) is 3.20. The zero-order valence-corrected chi connectivity index (χ0v) is 14.5. The summed E-state index contributed by atoms with van der Waals surface area (Å²) in [5.74, 6) is 0.220. The molecule has 1 heterocycles. The third-order valence-corrected chi connectivity index (χ3v) is 5.65. The van der Waals surface area contributed by atoms with Crippen LogP contribution in [-0.2, 0) is 14.6 Å². The molecule has 0 aliphatic carbocycles. The number of sulfone groups is 1. The van der Waals surface area contributed by atoms with Crippen molar-refractivity contribution in [1.29, 1.82) is 0 Å². The maximum atomic E-state index is 11.8. The predicted octanol–water partition coefficient (Wildman–Crippen LogP) is 2.09. The van der Waals surface area contributed by atoms with Crippen LogP contribution >= 0.6 is 27.5 Å². The SMILES string of the molecule is Cc1cc(Br)cc(Cl)c1OCC(=O)NC1CCS(=O)(=O)C1. The summed E-state index contributed by atoms with van der Waals surface area (Å²) in [5, 5.41) is 3.07. The van der Waals surface area contributed by atoms with Gasteiger partial charge < -0.3 is 10.1 Å². The van der Waals surface area contributed by atoms with Gasteiger partial charge in [0.2, 0.25) is 0 Å². The van der Waals surface area contributed by atoms with Gasteiger partial charge in [-0.25, -0.2) is 8.42 Å². The molecule has 1 fully saturated rings. The number of hydrogen-bond donors (Lipinski definition) is 1. The fourth-order valence-corrected chi connectivity index (χ4v) is 4.89. The fourth-order valence-electron chi connectivity index (χ4n) is 2.19. The first-order valence-electron chi connectivity index (χ1n) is 6.35. The molecule has 8 heteroatoms. The van der Waals surface area contributed by atoms with Crippen LogP contribution in [0.5, 0.6) is 5.75 Å². The molecule has 0 saturated carbocycles. The van der Waals surface area contributed by atoms with Crippen LogP contribution in [0.1, 0.15) is 12.0 Å². The Hall–Kier alpha value is -0.790. The lowest BCUT2D eigenvalue weighted by Crippen LogP contribution is -2.38. The molecule has 1 aromatic rings. The van der Waals surface area contributed by atoms with E-state index in [1.807, 2.05) is 13.0 Å². The Bertz CT molecular complexity index is 639. The third kappa shape index (κ3) is 4.59. The smallest absolute Gasteiger partial charge is 0.258 e. The lowest BCUT2D eigenvalue weighted by molar-refractivity contribution is -0.123. The number of halogens is 2. The molecule has 1 aliphatic rings. The van der Waals surface area contributed by atoms with Crippen LogP contribution in [0.3, 0.4) is 0 Å². The highest BCUT2D eigenvalue weighted by Crippen LogP contribution is 2.31. The molecule has 1 N–H and O–H groups in total. The molecule has 0 radical (unpaired) electrons. The highest BCUT2D eigenvalue weighted by molar-refractivity contribution is 9.10. The average Bonchev–Trinajstić information content (AvgIpc) is 2.67. The molecule has 0 aromatic heterocycles. The Morgan fingerprint density at radius 3 is 2.81 bits per heavy atom. The van der Waals surface area contributed by atoms with Gasteiger partial charge in [-0.05, 0) is 31.0 Å². The fraction of sp³-hybridized carbons (Fsp3) is 0.462. The van der Waals surface area contributed by atoms with Crippen molar-refractivity contribution in [2.45, 2.75) is 19.4 Å². The summed E-state index contributed by atoms with van der Waals surface area (Å²) in [7, 11) is -3.01. The van der Waals surface area contributed by atoms with E-state index in [0.29, 0.717) is 17.2 Å². The number of carbonyl (C=O) groups excluding carboxylic acids is 1. The minimum absolute atomic E-state index is 0.00317. The van der Waals surface area contributed by atoms with E-state index >= 15 is 0 Å². The molecule has 1 amide bonds. The van der Waals surface area contributed by atoms with Crippen molar-refractivity contribution in [3.63, 3.8) is 0 Å². The van der Waals surface area contributed by atoms with Crippen molar-refractivity contribution in [2.75, 3.05) is 18.1 Å². The van der Waals surface area contributed by atoms with Gasteiger partial charge in [0, 0.05) is 10.5 Å². The Kier molecular flexibility index (Phi) is 5.16. The van der Waals surface area contributed by atoms with Crippen LogP contribution in [0.25, 0.3) is 0 Å². The number of benzene rings is 1. The van der Waals surface area contributed by atoms with Crippen LogP contribution < -0.4 is 10.1 Å². The number of rotatable bonds is 4. The highest BCUT2D eigenvalue weighted by atomic mass is 79.9. The number of amides is 1. The Morgan fingerprint density at radius 2 is 2.24 bits per heavy atom. The van der Waals surface area contributed by atoms with Crippen molar-refractivity contribution < 1.29 is 17.9 Å². The van der Waals surface area contributed by atoms with Gasteiger partial charge in [0.05, 0.1) is 16.5 Å². The van der Waals surface area contributed by atoms with Gasteiger partial charge in [0.1, 0.15) is 5.75 Å². The Labute approximate surface area is 137 Å². The van der Waals surface area contributed by atoms with Gasteiger partial charge in [-0.15, -0.1) is 0 Å². The second-order valence-electron chi connectivity index (χ2n) is 4.99. The van der Waals surface area contributed by atoms with E-state index < -0.39 is 9.84 Å². The molecule has 5 nitrogen and oxygen atoms in total. The zero-order chi connectivity index (χ0) is 15.6. The molecule has 1 saturated heterocycles. The molecule has 1 unspecified atom stereocenters. The molecular formula is C13H15BrClNO4S. The number of hydrogen-bond acceptors (Lipinski definition) is 4. The van der Waals surface area contributed by atoms with Crippen molar-refractivity contribution in [3.05, 3.63) is 27.2 Å². The molecule has 1 atom stereocenters. The van der Waals surface area contributed by atoms with Gasteiger partial charge in [0.15, 0.2) is 16.4 Å². The molecular weight excluding hydrogens is 382 g/mol. The first-order valence-corrected chi connectivity index (χ1v) is 9.34. The lowest BCUT2D eigenvalue weighted by Gasteiger charge is -2.14. The molecule has 1 aromatic carbocycles. The van der Waals surface area contributed by atoms with E-state index in [9.17, 15) is 13.2 Å². The number of carbonyl (C=O) groups is 1. The summed E-state index contributed by atoms with van der Waals surface area (Å²) >= 11 is 9.38. The summed E-state index contributed by atoms with van der Waals surface area (Å²) in [5.41, 5.74) is 0.811. The molecule has 0 spiro atoms. The normalized spacial score (nSPS) is 20.2. The maximum absolute atomic E-state index is 11.8. The van der Waals surface area contributed by atoms with Gasteiger partial charge in [0.25, 0.3) is 5.91 Å². The van der Waals surface area contributed by atoms with Crippen molar-refractivity contribution in [3.8, 4) is 5.75 Å². The van der Waals surface area contributed by atoms with Gasteiger partial charge in [-0.2, -0.15) is 0 Å². The number of aryl methyl sites for hydroxylation is 1. The number of ether oxygens (including phenoxy) is 1. The van der Waals surface area contributed by atoms with E-state index in [1.165, 1.54) is 0 Å². The second-order valence-corrected chi connectivity index (χ2v) is 8.54. The standard InChI is InChI=1S/C13H15BrClNO4S/c1-8-4-9(14)5-11(15)13(8)20-6-12(17)16-10-2-3-21(18,19)7-10/h4-5,10H,2-3,6-7H2,1H3,(H,16,17). The lowest BCUT2D eigenvalue weighted by atomic mass is 10.2. The average molecular weight is 397 g/mol. The minimum Gasteiger partial charge on any atom is -0.482 e. The van der Waals surface area contributed by atoms with Crippen LogP contribution in [0.4, 0.5) is 0 Å². The van der Waals surface area contributed by atoms with Crippen LogP contribution in [0.15, 0.2) is 16.6 Å². The highest BCUT2D eigenvalue weighted by Gasteiger charge is 2.28. The van der Waals surface area contributed by atoms with E-state index in [1.54, 1.807) is 6.07 Å². The monoisotopic (exact) mass is 395 g/mol. The molecule has 0 bridgehead atoms. The van der Waals surface area contributed by atoms with E-state index in [4.69, 9.17) is 16.3 Å². The van der Waals surface area contributed by atoms with Gasteiger partial charge >= 0.3 is 0 Å². The third-order valence-electron chi connectivity index (χ3n) is 3.14. The molecule has 21 heavy (non-hydrogen) atoms. The topological polar surface area (TPSA) is 72.5 Å². The second kappa shape index (κ2) is 6.54. The molecule has 2 rings (SSSR count). The Balaban J connectivity index is 1.90. The first-order chi connectivity index (χ1) is 9.77. The first kappa shape index (κ1) is 16.6. The quantitative estimate of drug-likeness (QED) is 0.846. The summed E-state index contributed by atoms with van der Waals surface area (Å²) < 4.78 is 28.9. The van der Waals surface area contributed by atoms with Crippen molar-refractivity contribution in [2.24, 2.45) is 0 Å². The van der Waals surface area contributed by atoms with Crippen LogP contribution in [0, 0.1) is 6.92 Å². The number of nitrogens with one attached hydrogen (secondary N) is 1. The summed E-state index contributed by atoms with van der Waals surface area (Å²) in [6.45, 7) is 1.63. The van der Waals surface area contributed by atoms with Gasteiger partial charge in [-0.1, -0.05) is 27.5 Å². The van der Waals surface area contributed by atoms with Crippen LogP contribution in [0.2, 0.25) is 5.02 Å². The van der Waals surface area contributed by atoms with Gasteiger partial charge in [-0.3, -0.25) is 4.79 Å². The largest absolute Gasteiger partial charge is 0.482 e. The Morgan fingerprint density at radius 1 is 1.52 bits per heavy atom. The predicted molar refractivity (Wildman–Crippen MR) is 84.6 cm³/mol.